The highest BCUT2D eigenvalue weighted by Gasteiger charge is 2.14. The van der Waals surface area contributed by atoms with Gasteiger partial charge in [0.05, 0.1) is 11.6 Å². The van der Waals surface area contributed by atoms with Crippen molar-refractivity contribution >= 4 is 44.9 Å². The molecular weight excluding hydrogens is 367 g/mol. The molecule has 0 fully saturated rings. The van der Waals surface area contributed by atoms with Crippen LogP contribution in [-0.4, -0.2) is 15.3 Å². The number of nitrogens with zero attached hydrogens (tertiary/aromatic N) is 2. The van der Waals surface area contributed by atoms with Crippen molar-refractivity contribution in [2.45, 2.75) is 13.5 Å². The zero-order chi connectivity index (χ0) is 14.9. The summed E-state index contributed by atoms with van der Waals surface area (Å²) in [6.07, 6.45) is 1.41. The van der Waals surface area contributed by atoms with E-state index in [-0.39, 0.29) is 22.9 Å². The minimum atomic E-state index is -0.309. The molecule has 0 saturated heterocycles. The van der Waals surface area contributed by atoms with Crippen molar-refractivity contribution in [3.63, 3.8) is 0 Å². The second-order valence-electron chi connectivity index (χ2n) is 4.09. The predicted octanol–water partition coefficient (Wildman–Crippen LogP) is 3.50. The Morgan fingerprint density at radius 3 is 2.75 bits per heavy atom. The molecule has 0 aliphatic carbocycles. The summed E-state index contributed by atoms with van der Waals surface area (Å²) in [5.41, 5.74) is 0.0123. The summed E-state index contributed by atoms with van der Waals surface area (Å²) in [5, 5.41) is 0.708. The molecule has 0 radical (unpaired) electrons. The lowest BCUT2D eigenvalue weighted by atomic mass is 10.1. The van der Waals surface area contributed by atoms with Gasteiger partial charge in [-0.05, 0) is 41.1 Å². The van der Waals surface area contributed by atoms with Crippen molar-refractivity contribution < 1.29 is 4.79 Å². The number of hydrogen-bond acceptors (Lipinski definition) is 3. The standard InChI is InChI=1S/C13H9BrCl2N2O2/c1-7-17-5-10(14)13(20)18(7)6-12(19)9-3-2-8(15)4-11(9)16/h2-5H,6H2,1H3. The van der Waals surface area contributed by atoms with E-state index in [9.17, 15) is 9.59 Å². The molecule has 2 rings (SSSR count). The van der Waals surface area contributed by atoms with E-state index in [0.717, 1.165) is 0 Å². The zero-order valence-corrected chi connectivity index (χ0v) is 13.5. The van der Waals surface area contributed by atoms with Crippen LogP contribution in [0.25, 0.3) is 0 Å². The zero-order valence-electron chi connectivity index (χ0n) is 10.4. The molecule has 0 N–H and O–H groups in total. The van der Waals surface area contributed by atoms with Crippen molar-refractivity contribution in [2.75, 3.05) is 0 Å². The number of benzene rings is 1. The maximum Gasteiger partial charge on any atom is 0.268 e. The SMILES string of the molecule is Cc1ncc(Br)c(=O)n1CC(=O)c1ccc(Cl)cc1Cl. The summed E-state index contributed by atoms with van der Waals surface area (Å²) in [6, 6.07) is 4.61. The number of rotatable bonds is 3. The van der Waals surface area contributed by atoms with Crippen LogP contribution in [0.1, 0.15) is 16.2 Å². The molecule has 104 valence electrons. The highest BCUT2D eigenvalue weighted by Crippen LogP contribution is 2.21. The fraction of sp³-hybridized carbons (Fsp3) is 0.154. The van der Waals surface area contributed by atoms with Gasteiger partial charge in [-0.25, -0.2) is 4.98 Å². The number of aryl methyl sites for hydroxylation is 1. The number of ketones is 1. The van der Waals surface area contributed by atoms with Gasteiger partial charge in [0, 0.05) is 16.8 Å². The van der Waals surface area contributed by atoms with Crippen LogP contribution in [-0.2, 0) is 6.54 Å². The van der Waals surface area contributed by atoms with E-state index < -0.39 is 0 Å². The van der Waals surface area contributed by atoms with Crippen molar-refractivity contribution in [3.05, 3.63) is 60.7 Å². The Balaban J connectivity index is 2.38. The Morgan fingerprint density at radius 1 is 1.40 bits per heavy atom. The topological polar surface area (TPSA) is 52.0 Å². The Labute approximate surface area is 133 Å². The number of halogens is 3. The van der Waals surface area contributed by atoms with Crippen molar-refractivity contribution in [3.8, 4) is 0 Å². The van der Waals surface area contributed by atoms with E-state index in [1.807, 2.05) is 0 Å². The molecule has 0 atom stereocenters. The molecular formula is C13H9BrCl2N2O2. The lowest BCUT2D eigenvalue weighted by Crippen LogP contribution is -2.27. The fourth-order valence-corrected chi connectivity index (χ4v) is 2.51. The van der Waals surface area contributed by atoms with E-state index in [1.165, 1.54) is 16.8 Å². The number of hydrogen-bond donors (Lipinski definition) is 0. The highest BCUT2D eigenvalue weighted by atomic mass is 79.9. The largest absolute Gasteiger partial charge is 0.292 e. The van der Waals surface area contributed by atoms with Gasteiger partial charge < -0.3 is 0 Å². The van der Waals surface area contributed by atoms with Gasteiger partial charge in [-0.15, -0.1) is 0 Å². The Bertz CT molecular complexity index is 744. The maximum absolute atomic E-state index is 12.2. The molecule has 1 heterocycles. The quantitative estimate of drug-likeness (QED) is 0.771. The van der Waals surface area contributed by atoms with E-state index in [0.29, 0.717) is 20.9 Å². The first kappa shape index (κ1) is 15.2. The third kappa shape index (κ3) is 3.11. The van der Waals surface area contributed by atoms with Gasteiger partial charge in [0.2, 0.25) is 0 Å². The van der Waals surface area contributed by atoms with E-state index >= 15 is 0 Å². The minimum absolute atomic E-state index is 0.127. The van der Waals surface area contributed by atoms with Gasteiger partial charge in [0.1, 0.15) is 10.3 Å². The number of aromatic nitrogens is 2. The van der Waals surface area contributed by atoms with Crippen LogP contribution in [0.5, 0.6) is 0 Å². The molecule has 0 unspecified atom stereocenters. The normalized spacial score (nSPS) is 10.6. The minimum Gasteiger partial charge on any atom is -0.292 e. The van der Waals surface area contributed by atoms with Crippen LogP contribution in [0.3, 0.4) is 0 Å². The molecule has 20 heavy (non-hydrogen) atoms. The summed E-state index contributed by atoms with van der Waals surface area (Å²) in [4.78, 5) is 28.2. The summed E-state index contributed by atoms with van der Waals surface area (Å²) in [6.45, 7) is 1.53. The fourth-order valence-electron chi connectivity index (χ4n) is 1.68. The summed E-state index contributed by atoms with van der Waals surface area (Å²) >= 11 is 14.9. The molecule has 0 aliphatic rings. The van der Waals surface area contributed by atoms with E-state index in [4.69, 9.17) is 23.2 Å². The first-order valence-electron chi connectivity index (χ1n) is 5.60. The maximum atomic E-state index is 12.2. The second-order valence-corrected chi connectivity index (χ2v) is 5.79. The van der Waals surface area contributed by atoms with Crippen molar-refractivity contribution in [1.29, 1.82) is 0 Å². The van der Waals surface area contributed by atoms with Crippen LogP contribution >= 0.6 is 39.1 Å². The molecule has 0 amide bonds. The smallest absolute Gasteiger partial charge is 0.268 e. The van der Waals surface area contributed by atoms with Crippen LogP contribution in [0, 0.1) is 6.92 Å². The average molecular weight is 376 g/mol. The van der Waals surface area contributed by atoms with Gasteiger partial charge in [-0.1, -0.05) is 23.2 Å². The van der Waals surface area contributed by atoms with Gasteiger partial charge in [0.25, 0.3) is 5.56 Å². The van der Waals surface area contributed by atoms with Crippen LogP contribution in [0.4, 0.5) is 0 Å². The lowest BCUT2D eigenvalue weighted by molar-refractivity contribution is 0.0969. The molecule has 4 nitrogen and oxygen atoms in total. The Morgan fingerprint density at radius 2 is 2.10 bits per heavy atom. The molecule has 0 saturated carbocycles. The number of carbonyl (C=O) groups excluding carboxylic acids is 1. The molecule has 2 aromatic rings. The summed E-state index contributed by atoms with van der Waals surface area (Å²) in [7, 11) is 0. The third-order valence-electron chi connectivity index (χ3n) is 2.74. The summed E-state index contributed by atoms with van der Waals surface area (Å²) < 4.78 is 1.59. The van der Waals surface area contributed by atoms with Crippen LogP contribution in [0.2, 0.25) is 10.0 Å². The van der Waals surface area contributed by atoms with Gasteiger partial charge in [0.15, 0.2) is 5.78 Å². The molecule has 0 aliphatic heterocycles. The monoisotopic (exact) mass is 374 g/mol. The molecule has 0 spiro atoms. The second kappa shape index (κ2) is 6.08. The first-order valence-corrected chi connectivity index (χ1v) is 7.15. The van der Waals surface area contributed by atoms with Crippen molar-refractivity contribution in [1.82, 2.24) is 9.55 Å². The molecule has 1 aromatic heterocycles. The molecule has 1 aromatic carbocycles. The van der Waals surface area contributed by atoms with Crippen LogP contribution in [0.15, 0.2) is 33.7 Å². The number of carbonyl (C=O) groups is 1. The third-order valence-corrected chi connectivity index (χ3v) is 3.83. The Hall–Kier alpha value is -1.17. The van der Waals surface area contributed by atoms with Crippen LogP contribution < -0.4 is 5.56 Å². The number of Topliss-reactive ketones (excluding diaryl/α,β-unsaturated/α-hetero) is 1. The molecule has 0 bridgehead atoms. The molecule has 7 heteroatoms. The predicted molar refractivity (Wildman–Crippen MR) is 81.7 cm³/mol. The average Bonchev–Trinajstić information content (AvgIpc) is 2.39. The van der Waals surface area contributed by atoms with E-state index in [1.54, 1.807) is 19.1 Å². The van der Waals surface area contributed by atoms with E-state index in [2.05, 4.69) is 20.9 Å². The lowest BCUT2D eigenvalue weighted by Gasteiger charge is -2.09. The van der Waals surface area contributed by atoms with Gasteiger partial charge in [-0.3, -0.25) is 14.2 Å². The Kier molecular flexibility index (Phi) is 4.62. The highest BCUT2D eigenvalue weighted by molar-refractivity contribution is 9.10. The van der Waals surface area contributed by atoms with Crippen molar-refractivity contribution in [2.24, 2.45) is 0 Å². The summed E-state index contributed by atoms with van der Waals surface area (Å²) in [5.74, 6) is 0.174. The first-order chi connectivity index (χ1) is 9.40. The van der Waals surface area contributed by atoms with Gasteiger partial charge in [-0.2, -0.15) is 0 Å². The van der Waals surface area contributed by atoms with Gasteiger partial charge >= 0.3 is 0 Å².